The van der Waals surface area contributed by atoms with Gasteiger partial charge < -0.3 is 9.47 Å². The maximum Gasteiger partial charge on any atom is 0.303 e. The van der Waals surface area contributed by atoms with E-state index in [4.69, 9.17) is 4.74 Å². The molecule has 2 aromatic carbocycles. The van der Waals surface area contributed by atoms with Crippen molar-refractivity contribution in [3.63, 3.8) is 0 Å². The number of ketones is 1. The van der Waals surface area contributed by atoms with Gasteiger partial charge in [0.2, 0.25) is 0 Å². The first-order valence-electron chi connectivity index (χ1n) is 6.14. The Bertz CT molecular complexity index is 588. The van der Waals surface area contributed by atoms with Crippen molar-refractivity contribution < 1.29 is 19.1 Å². The highest BCUT2D eigenvalue weighted by Crippen LogP contribution is 2.21. The summed E-state index contributed by atoms with van der Waals surface area (Å²) in [7, 11) is 0. The second kappa shape index (κ2) is 6.52. The number of hydrogen-bond acceptors (Lipinski definition) is 4. The van der Waals surface area contributed by atoms with Crippen molar-refractivity contribution in [2.75, 3.05) is 6.61 Å². The molecule has 0 aliphatic rings. The quantitative estimate of drug-likeness (QED) is 0.618. The lowest BCUT2D eigenvalue weighted by Gasteiger charge is -2.06. The number of benzene rings is 2. The fourth-order valence-electron chi connectivity index (χ4n) is 1.58. The van der Waals surface area contributed by atoms with Gasteiger partial charge in [-0.2, -0.15) is 0 Å². The van der Waals surface area contributed by atoms with E-state index in [0.29, 0.717) is 11.3 Å². The van der Waals surface area contributed by atoms with Crippen LogP contribution < -0.4 is 4.74 Å². The van der Waals surface area contributed by atoms with Crippen molar-refractivity contribution >= 4 is 11.8 Å². The van der Waals surface area contributed by atoms with Crippen LogP contribution in [-0.4, -0.2) is 18.4 Å². The number of para-hydroxylation sites is 1. The average molecular weight is 270 g/mol. The molecule has 0 radical (unpaired) electrons. The number of Topliss-reactive ketones (excluding diaryl/α,β-unsaturated/α-hetero) is 1. The number of hydrogen-bond donors (Lipinski definition) is 0. The zero-order valence-corrected chi connectivity index (χ0v) is 11.0. The minimum atomic E-state index is -0.470. The predicted octanol–water partition coefficient (Wildman–Crippen LogP) is 3.22. The molecule has 102 valence electrons. The van der Waals surface area contributed by atoms with Gasteiger partial charge in [0.1, 0.15) is 11.5 Å². The van der Waals surface area contributed by atoms with Crippen molar-refractivity contribution in [1.29, 1.82) is 0 Å². The van der Waals surface area contributed by atoms with Crippen molar-refractivity contribution in [3.8, 4) is 11.5 Å². The summed E-state index contributed by atoms with van der Waals surface area (Å²) in [5, 5.41) is 0. The molecule has 0 atom stereocenters. The van der Waals surface area contributed by atoms with Gasteiger partial charge in [-0.1, -0.05) is 18.2 Å². The van der Waals surface area contributed by atoms with Crippen LogP contribution >= 0.6 is 0 Å². The predicted molar refractivity (Wildman–Crippen MR) is 73.9 cm³/mol. The Kier molecular flexibility index (Phi) is 4.50. The summed E-state index contributed by atoms with van der Waals surface area (Å²) in [6.45, 7) is 1.03. The molecular weight excluding hydrogens is 256 g/mol. The topological polar surface area (TPSA) is 52.6 Å². The zero-order chi connectivity index (χ0) is 14.4. The Morgan fingerprint density at radius 3 is 2.10 bits per heavy atom. The highest BCUT2D eigenvalue weighted by atomic mass is 16.5. The van der Waals surface area contributed by atoms with E-state index in [0.717, 1.165) is 5.75 Å². The molecule has 0 heterocycles. The van der Waals surface area contributed by atoms with Crippen molar-refractivity contribution in [2.45, 2.75) is 6.92 Å². The maximum atomic E-state index is 11.7. The largest absolute Gasteiger partial charge is 0.457 e. The first-order valence-corrected chi connectivity index (χ1v) is 6.14. The lowest BCUT2D eigenvalue weighted by Crippen LogP contribution is -2.11. The third-order valence-corrected chi connectivity index (χ3v) is 2.56. The molecular formula is C16H14O4. The smallest absolute Gasteiger partial charge is 0.303 e. The Hall–Kier alpha value is -2.62. The summed E-state index contributed by atoms with van der Waals surface area (Å²) in [5.74, 6) is 0.653. The first kappa shape index (κ1) is 13.8. The monoisotopic (exact) mass is 270 g/mol. The number of carbonyl (C=O) groups is 2. The van der Waals surface area contributed by atoms with Crippen molar-refractivity contribution in [1.82, 2.24) is 0 Å². The molecule has 0 saturated heterocycles. The van der Waals surface area contributed by atoms with E-state index in [1.807, 2.05) is 30.3 Å². The summed E-state index contributed by atoms with van der Waals surface area (Å²) in [5.41, 5.74) is 0.478. The van der Waals surface area contributed by atoms with Crippen LogP contribution in [0.25, 0.3) is 0 Å². The van der Waals surface area contributed by atoms with Crippen LogP contribution in [0.1, 0.15) is 17.3 Å². The molecule has 4 heteroatoms. The fraction of sp³-hybridized carbons (Fsp3) is 0.125. The summed E-state index contributed by atoms with van der Waals surface area (Å²) < 4.78 is 10.3. The van der Waals surface area contributed by atoms with Crippen LogP contribution in [0.15, 0.2) is 54.6 Å². The van der Waals surface area contributed by atoms with Gasteiger partial charge >= 0.3 is 5.97 Å². The van der Waals surface area contributed by atoms with Gasteiger partial charge in [0.15, 0.2) is 12.4 Å². The normalized spacial score (nSPS) is 9.85. The van der Waals surface area contributed by atoms with E-state index in [9.17, 15) is 9.59 Å². The third-order valence-electron chi connectivity index (χ3n) is 2.56. The van der Waals surface area contributed by atoms with Gasteiger partial charge in [-0.25, -0.2) is 0 Å². The number of carbonyl (C=O) groups excluding carboxylic acids is 2. The Labute approximate surface area is 116 Å². The molecule has 0 aliphatic heterocycles. The summed E-state index contributed by atoms with van der Waals surface area (Å²) in [6, 6.07) is 16.1. The van der Waals surface area contributed by atoms with Crippen LogP contribution in [-0.2, 0) is 9.53 Å². The van der Waals surface area contributed by atoms with Gasteiger partial charge in [0.05, 0.1) is 0 Å². The molecule has 0 N–H and O–H groups in total. The standard InChI is InChI=1S/C16H14O4/c1-12(17)19-11-16(18)13-7-9-15(10-8-13)20-14-5-3-2-4-6-14/h2-10H,11H2,1H3. The highest BCUT2D eigenvalue weighted by molar-refractivity contribution is 5.97. The van der Waals surface area contributed by atoms with Gasteiger partial charge in [0, 0.05) is 12.5 Å². The van der Waals surface area contributed by atoms with E-state index in [1.54, 1.807) is 24.3 Å². The number of ether oxygens (including phenoxy) is 2. The van der Waals surface area contributed by atoms with Crippen LogP contribution in [0.5, 0.6) is 11.5 Å². The molecule has 20 heavy (non-hydrogen) atoms. The zero-order valence-electron chi connectivity index (χ0n) is 11.0. The van der Waals surface area contributed by atoms with Crippen molar-refractivity contribution in [2.24, 2.45) is 0 Å². The summed E-state index contributed by atoms with van der Waals surface area (Å²) >= 11 is 0. The SMILES string of the molecule is CC(=O)OCC(=O)c1ccc(Oc2ccccc2)cc1. The van der Waals surface area contributed by atoms with Gasteiger partial charge in [-0.05, 0) is 36.4 Å². The second-order valence-electron chi connectivity index (χ2n) is 4.14. The van der Waals surface area contributed by atoms with E-state index in [2.05, 4.69) is 4.74 Å². The van der Waals surface area contributed by atoms with Crippen LogP contribution in [0.4, 0.5) is 0 Å². The lowest BCUT2D eigenvalue weighted by molar-refractivity contribution is -0.139. The molecule has 2 rings (SSSR count). The van der Waals surface area contributed by atoms with Crippen LogP contribution in [0, 0.1) is 0 Å². The van der Waals surface area contributed by atoms with Crippen LogP contribution in [0.3, 0.4) is 0 Å². The fourth-order valence-corrected chi connectivity index (χ4v) is 1.58. The van der Waals surface area contributed by atoms with Gasteiger partial charge in [0.25, 0.3) is 0 Å². The molecule has 4 nitrogen and oxygen atoms in total. The second-order valence-corrected chi connectivity index (χ2v) is 4.14. The molecule has 0 aliphatic carbocycles. The minimum absolute atomic E-state index is 0.242. The van der Waals surface area contributed by atoms with E-state index in [1.165, 1.54) is 6.92 Å². The third kappa shape index (κ3) is 3.95. The molecule has 0 fully saturated rings. The van der Waals surface area contributed by atoms with E-state index in [-0.39, 0.29) is 12.4 Å². The number of esters is 1. The molecule has 0 unspecified atom stereocenters. The van der Waals surface area contributed by atoms with E-state index >= 15 is 0 Å². The maximum absolute atomic E-state index is 11.7. The average Bonchev–Trinajstić information content (AvgIpc) is 2.46. The number of rotatable bonds is 5. The van der Waals surface area contributed by atoms with Crippen molar-refractivity contribution in [3.05, 3.63) is 60.2 Å². The molecule has 0 saturated carbocycles. The first-order chi connectivity index (χ1) is 9.65. The Morgan fingerprint density at radius 1 is 0.900 bits per heavy atom. The van der Waals surface area contributed by atoms with E-state index < -0.39 is 5.97 Å². The molecule has 0 spiro atoms. The minimum Gasteiger partial charge on any atom is -0.457 e. The Morgan fingerprint density at radius 2 is 1.50 bits per heavy atom. The summed E-state index contributed by atoms with van der Waals surface area (Å²) in [6.07, 6.45) is 0. The molecule has 0 amide bonds. The molecule has 0 aromatic heterocycles. The van der Waals surface area contributed by atoms with Gasteiger partial charge in [-0.15, -0.1) is 0 Å². The molecule has 2 aromatic rings. The summed E-state index contributed by atoms with van der Waals surface area (Å²) in [4.78, 5) is 22.3. The van der Waals surface area contributed by atoms with Gasteiger partial charge in [-0.3, -0.25) is 9.59 Å². The Balaban J connectivity index is 1.99. The molecule has 0 bridgehead atoms. The van der Waals surface area contributed by atoms with Crippen LogP contribution in [0.2, 0.25) is 0 Å². The lowest BCUT2D eigenvalue weighted by atomic mass is 10.1. The highest BCUT2D eigenvalue weighted by Gasteiger charge is 2.08.